The predicted octanol–water partition coefficient (Wildman–Crippen LogP) is 4.05. The molecule has 92 valence electrons. The summed E-state index contributed by atoms with van der Waals surface area (Å²) in [5.41, 5.74) is 0.243. The van der Waals surface area contributed by atoms with Crippen LogP contribution in [-0.4, -0.2) is 7.11 Å². The van der Waals surface area contributed by atoms with E-state index in [0.29, 0.717) is 11.3 Å². The second-order valence-electron chi connectivity index (χ2n) is 3.66. The number of halogens is 3. The van der Waals surface area contributed by atoms with Gasteiger partial charge in [-0.25, -0.2) is 8.78 Å². The number of benzene rings is 1. The summed E-state index contributed by atoms with van der Waals surface area (Å²) in [5, 5.41) is 8.50. The van der Waals surface area contributed by atoms with E-state index < -0.39 is 12.3 Å². The van der Waals surface area contributed by atoms with E-state index in [-0.39, 0.29) is 17.0 Å². The SMILES string of the molecule is COc1cc(C)c(C(F)(F)CCC#N)cc1Cl. The fourth-order valence-corrected chi connectivity index (χ4v) is 1.79. The van der Waals surface area contributed by atoms with Crippen LogP contribution in [0.25, 0.3) is 0 Å². The number of nitrogens with zero attached hydrogens (tertiary/aromatic N) is 1. The first kappa shape index (κ1) is 13.7. The van der Waals surface area contributed by atoms with Gasteiger partial charge in [-0.2, -0.15) is 5.26 Å². The van der Waals surface area contributed by atoms with Crippen molar-refractivity contribution in [2.24, 2.45) is 0 Å². The molecule has 0 heterocycles. The molecule has 0 amide bonds. The lowest BCUT2D eigenvalue weighted by molar-refractivity contribution is -0.0125. The van der Waals surface area contributed by atoms with Gasteiger partial charge in [-0.3, -0.25) is 0 Å². The van der Waals surface area contributed by atoms with E-state index >= 15 is 0 Å². The third-order valence-electron chi connectivity index (χ3n) is 2.44. The Morgan fingerprint density at radius 2 is 2.12 bits per heavy atom. The van der Waals surface area contributed by atoms with E-state index in [0.717, 1.165) is 0 Å². The number of alkyl halides is 2. The van der Waals surface area contributed by atoms with Gasteiger partial charge in [0.05, 0.1) is 18.2 Å². The summed E-state index contributed by atoms with van der Waals surface area (Å²) < 4.78 is 32.5. The van der Waals surface area contributed by atoms with Crippen LogP contribution in [0.2, 0.25) is 5.02 Å². The number of ether oxygens (including phenoxy) is 1. The third kappa shape index (κ3) is 3.07. The van der Waals surface area contributed by atoms with Crippen molar-refractivity contribution in [3.05, 3.63) is 28.3 Å². The van der Waals surface area contributed by atoms with Crippen molar-refractivity contribution in [1.82, 2.24) is 0 Å². The van der Waals surface area contributed by atoms with E-state index in [2.05, 4.69) is 0 Å². The summed E-state index contributed by atoms with van der Waals surface area (Å²) in [6.07, 6.45) is -0.705. The highest BCUT2D eigenvalue weighted by molar-refractivity contribution is 6.32. The van der Waals surface area contributed by atoms with Crippen LogP contribution < -0.4 is 4.74 Å². The molecule has 0 spiro atoms. The molecule has 2 nitrogen and oxygen atoms in total. The van der Waals surface area contributed by atoms with Crippen molar-refractivity contribution in [2.45, 2.75) is 25.7 Å². The van der Waals surface area contributed by atoms with Crippen molar-refractivity contribution >= 4 is 11.6 Å². The normalized spacial score (nSPS) is 11.1. The summed E-state index contributed by atoms with van der Waals surface area (Å²) >= 11 is 5.82. The molecule has 0 N–H and O–H groups in total. The van der Waals surface area contributed by atoms with Crippen molar-refractivity contribution in [1.29, 1.82) is 5.26 Å². The highest BCUT2D eigenvalue weighted by atomic mass is 35.5. The molecule has 1 aromatic carbocycles. The highest BCUT2D eigenvalue weighted by Gasteiger charge is 2.33. The first-order valence-corrected chi connectivity index (χ1v) is 5.39. The Balaban J connectivity index is 3.14. The maximum atomic E-state index is 13.8. The summed E-state index contributed by atoms with van der Waals surface area (Å²) in [4.78, 5) is 0. The fourth-order valence-electron chi connectivity index (χ4n) is 1.55. The number of methoxy groups -OCH3 is 1. The van der Waals surface area contributed by atoms with E-state index in [9.17, 15) is 8.78 Å². The summed E-state index contributed by atoms with van der Waals surface area (Å²) in [6, 6.07) is 4.38. The molecule has 0 fully saturated rings. The van der Waals surface area contributed by atoms with Gasteiger partial charge in [0, 0.05) is 18.4 Å². The zero-order valence-corrected chi connectivity index (χ0v) is 10.3. The molecule has 0 aliphatic rings. The van der Waals surface area contributed by atoms with Crippen molar-refractivity contribution in [3.8, 4) is 11.8 Å². The van der Waals surface area contributed by atoms with Gasteiger partial charge in [0.25, 0.3) is 5.92 Å². The van der Waals surface area contributed by atoms with Gasteiger partial charge in [0.1, 0.15) is 5.75 Å². The van der Waals surface area contributed by atoms with Crippen molar-refractivity contribution in [2.75, 3.05) is 7.11 Å². The molecule has 0 unspecified atom stereocenters. The molecule has 1 aromatic rings. The number of rotatable bonds is 4. The van der Waals surface area contributed by atoms with E-state index in [1.807, 2.05) is 0 Å². The summed E-state index contributed by atoms with van der Waals surface area (Å²) in [7, 11) is 1.42. The molecule has 1 rings (SSSR count). The molecule has 17 heavy (non-hydrogen) atoms. The third-order valence-corrected chi connectivity index (χ3v) is 2.74. The largest absolute Gasteiger partial charge is 0.495 e. The monoisotopic (exact) mass is 259 g/mol. The molecule has 0 saturated carbocycles. The van der Waals surface area contributed by atoms with Crippen molar-refractivity contribution < 1.29 is 13.5 Å². The van der Waals surface area contributed by atoms with Gasteiger partial charge in [0.2, 0.25) is 0 Å². The molecule has 0 saturated heterocycles. The molecule has 0 radical (unpaired) electrons. The minimum absolute atomic E-state index is 0.143. The molecule has 0 aromatic heterocycles. The predicted molar refractivity (Wildman–Crippen MR) is 61.5 cm³/mol. The molecule has 0 aliphatic heterocycles. The van der Waals surface area contributed by atoms with E-state index in [1.54, 1.807) is 13.0 Å². The second kappa shape index (κ2) is 5.33. The number of nitriles is 1. The van der Waals surface area contributed by atoms with Crippen LogP contribution in [0.5, 0.6) is 5.75 Å². The highest BCUT2D eigenvalue weighted by Crippen LogP contribution is 2.39. The lowest BCUT2D eigenvalue weighted by atomic mass is 9.99. The fraction of sp³-hybridized carbons (Fsp3) is 0.417. The Hall–Kier alpha value is -1.34. The molecule has 5 heteroatoms. The molecule has 0 aliphatic carbocycles. The van der Waals surface area contributed by atoms with Gasteiger partial charge in [-0.15, -0.1) is 0 Å². The number of hydrogen-bond acceptors (Lipinski definition) is 2. The minimum Gasteiger partial charge on any atom is -0.495 e. The van der Waals surface area contributed by atoms with Gasteiger partial charge in [-0.1, -0.05) is 11.6 Å². The van der Waals surface area contributed by atoms with Crippen LogP contribution in [0.4, 0.5) is 8.78 Å². The van der Waals surface area contributed by atoms with Crippen LogP contribution in [0.15, 0.2) is 12.1 Å². The lowest BCUT2D eigenvalue weighted by Gasteiger charge is -2.19. The zero-order chi connectivity index (χ0) is 13.1. The Bertz CT molecular complexity index is 455. The number of aryl methyl sites for hydroxylation is 1. The van der Waals surface area contributed by atoms with Crippen LogP contribution in [-0.2, 0) is 5.92 Å². The van der Waals surface area contributed by atoms with Gasteiger partial charge in [-0.05, 0) is 24.6 Å². The molecular formula is C12H12ClF2NO. The van der Waals surface area contributed by atoms with Crippen molar-refractivity contribution in [3.63, 3.8) is 0 Å². The van der Waals surface area contributed by atoms with Crippen LogP contribution >= 0.6 is 11.6 Å². The average Bonchev–Trinajstić information content (AvgIpc) is 2.28. The maximum absolute atomic E-state index is 13.8. The Morgan fingerprint density at radius 1 is 1.47 bits per heavy atom. The number of hydrogen-bond donors (Lipinski definition) is 0. The van der Waals surface area contributed by atoms with E-state index in [4.69, 9.17) is 21.6 Å². The summed E-state index contributed by atoms with van der Waals surface area (Å²) in [5.74, 6) is -2.68. The van der Waals surface area contributed by atoms with Gasteiger partial charge >= 0.3 is 0 Å². The van der Waals surface area contributed by atoms with Gasteiger partial charge in [0.15, 0.2) is 0 Å². The zero-order valence-electron chi connectivity index (χ0n) is 9.56. The molecule has 0 atom stereocenters. The average molecular weight is 260 g/mol. The lowest BCUT2D eigenvalue weighted by Crippen LogP contribution is -2.15. The van der Waals surface area contributed by atoms with Crippen LogP contribution in [0, 0.1) is 18.3 Å². The molecule has 0 bridgehead atoms. The van der Waals surface area contributed by atoms with Crippen LogP contribution in [0.1, 0.15) is 24.0 Å². The molecular weight excluding hydrogens is 248 g/mol. The first-order chi connectivity index (χ1) is 7.92. The quantitative estimate of drug-likeness (QED) is 0.817. The first-order valence-electron chi connectivity index (χ1n) is 5.01. The van der Waals surface area contributed by atoms with Gasteiger partial charge < -0.3 is 4.74 Å². The Kier molecular flexibility index (Phi) is 4.30. The smallest absolute Gasteiger partial charge is 0.274 e. The maximum Gasteiger partial charge on any atom is 0.274 e. The standard InChI is InChI=1S/C12H12ClF2NO/c1-8-6-11(17-2)10(13)7-9(8)12(14,15)4-3-5-16/h6-7H,3-4H2,1-2H3. The van der Waals surface area contributed by atoms with E-state index in [1.165, 1.54) is 19.2 Å². The topological polar surface area (TPSA) is 33.0 Å². The Morgan fingerprint density at radius 3 is 2.65 bits per heavy atom. The van der Waals surface area contributed by atoms with Crippen LogP contribution in [0.3, 0.4) is 0 Å². The second-order valence-corrected chi connectivity index (χ2v) is 4.07. The minimum atomic E-state index is -3.05. The Labute approximate surface area is 104 Å². The summed E-state index contributed by atoms with van der Waals surface area (Å²) in [6.45, 7) is 1.56.